The zero-order chi connectivity index (χ0) is 19.7. The number of halogens is 2. The molecule has 140 valence electrons. The monoisotopic (exact) mass is 455 g/mol. The highest BCUT2D eigenvalue weighted by molar-refractivity contribution is 9.10. The number of amides is 2. The summed E-state index contributed by atoms with van der Waals surface area (Å²) in [6.45, 7) is 0.603. The lowest BCUT2D eigenvalue weighted by Crippen LogP contribution is -2.28. The minimum atomic E-state index is -0.309. The molecule has 0 atom stereocenters. The smallest absolute Gasteiger partial charge is 0.258 e. The minimum Gasteiger partial charge on any atom is -0.322 e. The molecule has 7 heteroatoms. The number of rotatable bonds is 3. The van der Waals surface area contributed by atoms with Gasteiger partial charge in [0.2, 0.25) is 0 Å². The molecule has 28 heavy (non-hydrogen) atoms. The van der Waals surface area contributed by atoms with Crippen molar-refractivity contribution in [1.29, 1.82) is 0 Å². The van der Waals surface area contributed by atoms with Crippen LogP contribution in [0.4, 0.5) is 11.4 Å². The Bertz CT molecular complexity index is 1070. The zero-order valence-electron chi connectivity index (χ0n) is 14.7. The van der Waals surface area contributed by atoms with Crippen LogP contribution >= 0.6 is 27.5 Å². The fourth-order valence-electron chi connectivity index (χ4n) is 3.19. The highest BCUT2D eigenvalue weighted by Crippen LogP contribution is 2.32. The molecule has 0 saturated carbocycles. The summed E-state index contributed by atoms with van der Waals surface area (Å²) in [7, 11) is 0. The third-order valence-corrected chi connectivity index (χ3v) is 5.41. The summed E-state index contributed by atoms with van der Waals surface area (Å²) in [5.74, 6) is -0.393. The normalized spacial score (nSPS) is 12.6. The second-order valence-corrected chi connectivity index (χ2v) is 7.69. The van der Waals surface area contributed by atoms with Crippen LogP contribution in [-0.4, -0.2) is 23.3 Å². The van der Waals surface area contributed by atoms with Crippen molar-refractivity contribution in [3.05, 3.63) is 87.1 Å². The molecule has 1 aliphatic heterocycles. The van der Waals surface area contributed by atoms with E-state index in [0.717, 1.165) is 22.1 Å². The molecule has 5 nitrogen and oxygen atoms in total. The van der Waals surface area contributed by atoms with Crippen molar-refractivity contribution in [2.45, 2.75) is 6.42 Å². The summed E-state index contributed by atoms with van der Waals surface area (Å²) >= 11 is 9.49. The Balaban J connectivity index is 1.59. The summed E-state index contributed by atoms with van der Waals surface area (Å²) in [6, 6.07) is 14.1. The Hall–Kier alpha value is -2.70. The molecule has 1 aromatic heterocycles. The number of aromatic nitrogens is 1. The van der Waals surface area contributed by atoms with E-state index in [0.29, 0.717) is 28.4 Å². The molecule has 2 heterocycles. The topological polar surface area (TPSA) is 62.3 Å². The van der Waals surface area contributed by atoms with E-state index in [4.69, 9.17) is 11.6 Å². The summed E-state index contributed by atoms with van der Waals surface area (Å²) in [5, 5.41) is 3.23. The van der Waals surface area contributed by atoms with Crippen LogP contribution in [0.25, 0.3) is 0 Å². The van der Waals surface area contributed by atoms with Crippen molar-refractivity contribution < 1.29 is 9.59 Å². The lowest BCUT2D eigenvalue weighted by Gasteiger charge is -2.18. The molecule has 0 spiro atoms. The van der Waals surface area contributed by atoms with Gasteiger partial charge in [-0.2, -0.15) is 0 Å². The average Bonchev–Trinajstić information content (AvgIpc) is 3.13. The maximum atomic E-state index is 12.8. The molecule has 0 saturated heterocycles. The number of carbonyl (C=O) groups excluding carboxylic acids is 2. The fraction of sp³-hybridized carbons (Fsp3) is 0.0952. The SMILES string of the molecule is O=C(Nc1ccc2c(c1)N(C(=O)c1ccncc1)CC2)c1cc(Br)ccc1Cl. The third kappa shape index (κ3) is 3.66. The first-order valence-corrected chi connectivity index (χ1v) is 9.81. The average molecular weight is 457 g/mol. The second-order valence-electron chi connectivity index (χ2n) is 6.36. The van der Waals surface area contributed by atoms with Crippen molar-refractivity contribution in [3.8, 4) is 0 Å². The first-order valence-electron chi connectivity index (χ1n) is 8.64. The standard InChI is InChI=1S/C21H15BrClN3O2/c22-15-2-4-18(23)17(11-15)20(27)25-16-3-1-13-7-10-26(19(13)12-16)21(28)14-5-8-24-9-6-14/h1-6,8-9,11-12H,7,10H2,(H,25,27). The van der Waals surface area contributed by atoms with Crippen molar-refractivity contribution in [2.24, 2.45) is 0 Å². The molecule has 4 rings (SSSR count). The van der Waals surface area contributed by atoms with E-state index in [-0.39, 0.29) is 11.8 Å². The van der Waals surface area contributed by atoms with E-state index in [1.807, 2.05) is 18.2 Å². The molecular formula is C21H15BrClN3O2. The summed E-state index contributed by atoms with van der Waals surface area (Å²) < 4.78 is 0.769. The number of fused-ring (bicyclic) bond motifs is 1. The lowest BCUT2D eigenvalue weighted by molar-refractivity contribution is 0.0988. The van der Waals surface area contributed by atoms with Crippen LogP contribution in [0.15, 0.2) is 65.4 Å². The van der Waals surface area contributed by atoms with Gasteiger partial charge in [0.1, 0.15) is 0 Å². The molecule has 0 fully saturated rings. The Morgan fingerprint density at radius 2 is 1.86 bits per heavy atom. The van der Waals surface area contributed by atoms with Gasteiger partial charge in [0.25, 0.3) is 11.8 Å². The fourth-order valence-corrected chi connectivity index (χ4v) is 3.75. The van der Waals surface area contributed by atoms with Crippen LogP contribution in [0.1, 0.15) is 26.3 Å². The molecular weight excluding hydrogens is 442 g/mol. The highest BCUT2D eigenvalue weighted by Gasteiger charge is 2.26. The molecule has 1 aliphatic rings. The van der Waals surface area contributed by atoms with Gasteiger partial charge in [-0.25, -0.2) is 0 Å². The van der Waals surface area contributed by atoms with Crippen molar-refractivity contribution in [3.63, 3.8) is 0 Å². The zero-order valence-corrected chi connectivity index (χ0v) is 17.0. The first kappa shape index (κ1) is 18.7. The van der Waals surface area contributed by atoms with Gasteiger partial charge < -0.3 is 10.2 Å². The summed E-state index contributed by atoms with van der Waals surface area (Å²) in [4.78, 5) is 31.1. The maximum absolute atomic E-state index is 12.8. The van der Waals surface area contributed by atoms with Crippen LogP contribution in [0.5, 0.6) is 0 Å². The Kier molecular flexibility index (Phi) is 5.15. The molecule has 1 N–H and O–H groups in total. The molecule has 0 aliphatic carbocycles. The molecule has 2 aromatic carbocycles. The quantitative estimate of drug-likeness (QED) is 0.606. The van der Waals surface area contributed by atoms with Crippen molar-refractivity contribution in [2.75, 3.05) is 16.8 Å². The van der Waals surface area contributed by atoms with Gasteiger partial charge in [0.05, 0.1) is 10.6 Å². The number of carbonyl (C=O) groups is 2. The molecule has 0 radical (unpaired) electrons. The molecule has 2 amide bonds. The number of pyridine rings is 1. The largest absolute Gasteiger partial charge is 0.322 e. The van der Waals surface area contributed by atoms with Gasteiger partial charge in [-0.1, -0.05) is 33.6 Å². The highest BCUT2D eigenvalue weighted by atomic mass is 79.9. The van der Waals surface area contributed by atoms with E-state index >= 15 is 0 Å². The number of hydrogen-bond donors (Lipinski definition) is 1. The van der Waals surface area contributed by atoms with Gasteiger partial charge in [0, 0.05) is 40.3 Å². The van der Waals surface area contributed by atoms with Crippen LogP contribution in [0.3, 0.4) is 0 Å². The number of nitrogens with zero attached hydrogens (tertiary/aromatic N) is 2. The molecule has 0 bridgehead atoms. The number of hydrogen-bond acceptors (Lipinski definition) is 3. The Labute approximate surface area is 175 Å². The third-order valence-electron chi connectivity index (χ3n) is 4.58. The number of nitrogens with one attached hydrogen (secondary N) is 1. The minimum absolute atomic E-state index is 0.0836. The predicted octanol–water partition coefficient (Wildman–Crippen LogP) is 4.95. The second kappa shape index (κ2) is 7.73. The lowest BCUT2D eigenvalue weighted by atomic mass is 10.1. The van der Waals surface area contributed by atoms with E-state index in [1.54, 1.807) is 47.6 Å². The number of anilines is 2. The molecule has 0 unspecified atom stereocenters. The van der Waals surface area contributed by atoms with Crippen LogP contribution < -0.4 is 10.2 Å². The van der Waals surface area contributed by atoms with Gasteiger partial charge in [0.15, 0.2) is 0 Å². The van der Waals surface area contributed by atoms with Gasteiger partial charge in [-0.15, -0.1) is 0 Å². The number of benzene rings is 2. The Morgan fingerprint density at radius 3 is 2.64 bits per heavy atom. The van der Waals surface area contributed by atoms with Crippen LogP contribution in [0, 0.1) is 0 Å². The first-order chi connectivity index (χ1) is 13.5. The van der Waals surface area contributed by atoms with Crippen LogP contribution in [0.2, 0.25) is 5.02 Å². The van der Waals surface area contributed by atoms with E-state index in [1.165, 1.54) is 0 Å². The van der Waals surface area contributed by atoms with E-state index < -0.39 is 0 Å². The van der Waals surface area contributed by atoms with Crippen molar-refractivity contribution >= 4 is 50.7 Å². The van der Waals surface area contributed by atoms with Gasteiger partial charge >= 0.3 is 0 Å². The predicted molar refractivity (Wildman–Crippen MR) is 113 cm³/mol. The summed E-state index contributed by atoms with van der Waals surface area (Å²) in [6.07, 6.45) is 3.98. The Morgan fingerprint density at radius 1 is 1.07 bits per heavy atom. The van der Waals surface area contributed by atoms with E-state index in [2.05, 4.69) is 26.2 Å². The van der Waals surface area contributed by atoms with Crippen molar-refractivity contribution in [1.82, 2.24) is 4.98 Å². The molecule has 3 aromatic rings. The van der Waals surface area contributed by atoms with Gasteiger partial charge in [-0.3, -0.25) is 14.6 Å². The summed E-state index contributed by atoms with van der Waals surface area (Å²) in [5.41, 5.74) is 3.44. The maximum Gasteiger partial charge on any atom is 0.258 e. The van der Waals surface area contributed by atoms with Crippen LogP contribution in [-0.2, 0) is 6.42 Å². The van der Waals surface area contributed by atoms with E-state index in [9.17, 15) is 9.59 Å². The van der Waals surface area contributed by atoms with Gasteiger partial charge in [-0.05, 0) is 54.4 Å².